The van der Waals surface area contributed by atoms with Gasteiger partial charge in [-0.25, -0.2) is 0 Å². The van der Waals surface area contributed by atoms with Crippen LogP contribution < -0.4 is 20.1 Å². The van der Waals surface area contributed by atoms with Gasteiger partial charge in [0.2, 0.25) is 11.8 Å². The summed E-state index contributed by atoms with van der Waals surface area (Å²) in [5.41, 5.74) is 0.836. The molecule has 1 aliphatic carbocycles. The Balaban J connectivity index is 1.68. The van der Waals surface area contributed by atoms with Crippen LogP contribution in [0.2, 0.25) is 0 Å². The van der Waals surface area contributed by atoms with Gasteiger partial charge in [-0.05, 0) is 30.5 Å². The summed E-state index contributed by atoms with van der Waals surface area (Å²) >= 11 is 0. The van der Waals surface area contributed by atoms with Gasteiger partial charge in [0.05, 0.1) is 20.6 Å². The van der Waals surface area contributed by atoms with Gasteiger partial charge in [-0.1, -0.05) is 6.07 Å². The van der Waals surface area contributed by atoms with E-state index in [0.717, 1.165) is 18.4 Å². The fourth-order valence-electron chi connectivity index (χ4n) is 3.03. The minimum absolute atomic E-state index is 0.0512. The predicted octanol–water partition coefficient (Wildman–Crippen LogP) is 0.325. The maximum atomic E-state index is 12.8. The van der Waals surface area contributed by atoms with Crippen LogP contribution >= 0.6 is 0 Å². The standard InChI is InChI=1S/C18H25N3O4/c1-24-15-6-3-12(9-16(15)25-2)10-17(22)21-8-7-19-11-14(21)18(23)20-13-4-5-13/h3,6,9,13-14,19H,4-5,7-8,10-11H2,1-2H3,(H,20,23). The number of piperazine rings is 1. The third-order valence-electron chi connectivity index (χ3n) is 4.59. The average Bonchev–Trinajstić information content (AvgIpc) is 3.45. The number of methoxy groups -OCH3 is 2. The van der Waals surface area contributed by atoms with Gasteiger partial charge in [0, 0.05) is 25.7 Å². The van der Waals surface area contributed by atoms with Gasteiger partial charge in [-0.15, -0.1) is 0 Å². The fraction of sp³-hybridized carbons (Fsp3) is 0.556. The topological polar surface area (TPSA) is 79.9 Å². The Hall–Kier alpha value is -2.28. The molecule has 1 aromatic carbocycles. The second-order valence-electron chi connectivity index (χ2n) is 6.46. The zero-order chi connectivity index (χ0) is 17.8. The van der Waals surface area contributed by atoms with Crippen molar-refractivity contribution < 1.29 is 19.1 Å². The van der Waals surface area contributed by atoms with Crippen molar-refractivity contribution in [3.8, 4) is 11.5 Å². The second-order valence-corrected chi connectivity index (χ2v) is 6.46. The fourth-order valence-corrected chi connectivity index (χ4v) is 3.03. The van der Waals surface area contributed by atoms with Gasteiger partial charge in [0.15, 0.2) is 11.5 Å². The molecule has 25 heavy (non-hydrogen) atoms. The Labute approximate surface area is 147 Å². The summed E-state index contributed by atoms with van der Waals surface area (Å²) in [6.45, 7) is 1.73. The molecule has 1 saturated carbocycles. The Bertz CT molecular complexity index is 645. The van der Waals surface area contributed by atoms with Crippen LogP contribution in [0.1, 0.15) is 18.4 Å². The largest absolute Gasteiger partial charge is 0.493 e. The number of ether oxygens (including phenoxy) is 2. The van der Waals surface area contributed by atoms with Gasteiger partial charge < -0.3 is 25.0 Å². The van der Waals surface area contributed by atoms with E-state index < -0.39 is 6.04 Å². The second kappa shape index (κ2) is 7.74. The summed E-state index contributed by atoms with van der Waals surface area (Å²) in [6, 6.07) is 5.29. The Morgan fingerprint density at radius 1 is 1.24 bits per heavy atom. The third-order valence-corrected chi connectivity index (χ3v) is 4.59. The lowest BCUT2D eigenvalue weighted by molar-refractivity contribution is -0.141. The zero-order valence-electron chi connectivity index (χ0n) is 14.7. The molecule has 0 bridgehead atoms. The van der Waals surface area contributed by atoms with Crippen LogP contribution in [0.25, 0.3) is 0 Å². The van der Waals surface area contributed by atoms with E-state index in [0.29, 0.717) is 31.1 Å². The van der Waals surface area contributed by atoms with Gasteiger partial charge in [0.25, 0.3) is 0 Å². The first-order chi connectivity index (χ1) is 12.1. The van der Waals surface area contributed by atoms with E-state index in [2.05, 4.69) is 10.6 Å². The van der Waals surface area contributed by atoms with Crippen LogP contribution in [-0.2, 0) is 16.0 Å². The first-order valence-electron chi connectivity index (χ1n) is 8.64. The molecule has 136 valence electrons. The average molecular weight is 347 g/mol. The number of hydrogen-bond acceptors (Lipinski definition) is 5. The Kier molecular flexibility index (Phi) is 5.43. The van der Waals surface area contributed by atoms with E-state index >= 15 is 0 Å². The van der Waals surface area contributed by atoms with Gasteiger partial charge in [0.1, 0.15) is 6.04 Å². The normalized spacial score (nSPS) is 20.1. The molecule has 2 amide bonds. The van der Waals surface area contributed by atoms with Crippen molar-refractivity contribution in [3.05, 3.63) is 23.8 Å². The molecule has 2 fully saturated rings. The zero-order valence-corrected chi connectivity index (χ0v) is 14.7. The van der Waals surface area contributed by atoms with Crippen molar-refractivity contribution in [1.29, 1.82) is 0 Å². The van der Waals surface area contributed by atoms with E-state index in [4.69, 9.17) is 9.47 Å². The lowest BCUT2D eigenvalue weighted by Crippen LogP contribution is -2.60. The lowest BCUT2D eigenvalue weighted by Gasteiger charge is -2.35. The molecular formula is C18H25N3O4. The summed E-state index contributed by atoms with van der Waals surface area (Å²) in [5.74, 6) is 1.11. The molecule has 1 aromatic rings. The monoisotopic (exact) mass is 347 g/mol. The Morgan fingerprint density at radius 2 is 2.00 bits per heavy atom. The highest BCUT2D eigenvalue weighted by Gasteiger charge is 2.34. The maximum absolute atomic E-state index is 12.8. The van der Waals surface area contributed by atoms with E-state index in [1.807, 2.05) is 6.07 Å². The van der Waals surface area contributed by atoms with Gasteiger partial charge >= 0.3 is 0 Å². The number of hydrogen-bond donors (Lipinski definition) is 2. The van der Waals surface area contributed by atoms with Crippen LogP contribution in [0.5, 0.6) is 11.5 Å². The molecule has 0 radical (unpaired) electrons. The first kappa shape index (κ1) is 17.5. The summed E-state index contributed by atoms with van der Waals surface area (Å²) in [6.07, 6.45) is 2.30. The van der Waals surface area contributed by atoms with E-state index in [1.54, 1.807) is 31.3 Å². The molecular weight excluding hydrogens is 322 g/mol. The molecule has 0 spiro atoms. The van der Waals surface area contributed by atoms with Crippen molar-refractivity contribution in [2.75, 3.05) is 33.9 Å². The highest BCUT2D eigenvalue weighted by molar-refractivity contribution is 5.89. The van der Waals surface area contributed by atoms with Crippen LogP contribution in [0, 0.1) is 0 Å². The predicted molar refractivity (Wildman–Crippen MR) is 92.8 cm³/mol. The number of rotatable bonds is 6. The van der Waals surface area contributed by atoms with E-state index in [1.165, 1.54) is 0 Å². The Morgan fingerprint density at radius 3 is 2.68 bits per heavy atom. The number of carbonyl (C=O) groups is 2. The molecule has 1 aliphatic heterocycles. The highest BCUT2D eigenvalue weighted by Crippen LogP contribution is 2.28. The minimum atomic E-state index is -0.443. The molecule has 2 N–H and O–H groups in total. The molecule has 1 heterocycles. The van der Waals surface area contributed by atoms with Crippen LogP contribution in [0.15, 0.2) is 18.2 Å². The number of amides is 2. The van der Waals surface area contributed by atoms with Crippen LogP contribution in [0.4, 0.5) is 0 Å². The molecule has 7 heteroatoms. The first-order valence-corrected chi connectivity index (χ1v) is 8.64. The quantitative estimate of drug-likeness (QED) is 0.775. The summed E-state index contributed by atoms with van der Waals surface area (Å²) < 4.78 is 10.5. The van der Waals surface area contributed by atoms with Crippen molar-refractivity contribution in [2.45, 2.75) is 31.3 Å². The van der Waals surface area contributed by atoms with Gasteiger partial charge in [-0.2, -0.15) is 0 Å². The minimum Gasteiger partial charge on any atom is -0.493 e. The summed E-state index contributed by atoms with van der Waals surface area (Å²) in [5, 5.41) is 6.20. The SMILES string of the molecule is COc1ccc(CC(=O)N2CCNCC2C(=O)NC2CC2)cc1OC. The molecule has 7 nitrogen and oxygen atoms in total. The smallest absolute Gasteiger partial charge is 0.244 e. The van der Waals surface area contributed by atoms with Crippen LogP contribution in [0.3, 0.4) is 0 Å². The van der Waals surface area contributed by atoms with Crippen molar-refractivity contribution in [3.63, 3.8) is 0 Å². The maximum Gasteiger partial charge on any atom is 0.244 e. The number of carbonyl (C=O) groups excluding carboxylic acids is 2. The molecule has 0 aromatic heterocycles. The van der Waals surface area contributed by atoms with E-state index in [-0.39, 0.29) is 24.3 Å². The van der Waals surface area contributed by atoms with Crippen molar-refractivity contribution in [2.24, 2.45) is 0 Å². The van der Waals surface area contributed by atoms with Gasteiger partial charge in [-0.3, -0.25) is 9.59 Å². The third kappa shape index (κ3) is 4.22. The molecule has 1 unspecified atom stereocenters. The highest BCUT2D eigenvalue weighted by atomic mass is 16.5. The molecule has 3 rings (SSSR count). The molecule has 1 saturated heterocycles. The molecule has 2 aliphatic rings. The van der Waals surface area contributed by atoms with Crippen LogP contribution in [-0.4, -0.2) is 62.7 Å². The van der Waals surface area contributed by atoms with Crippen molar-refractivity contribution in [1.82, 2.24) is 15.5 Å². The number of nitrogens with one attached hydrogen (secondary N) is 2. The molecule has 1 atom stereocenters. The summed E-state index contributed by atoms with van der Waals surface area (Å²) in [4.78, 5) is 26.9. The summed E-state index contributed by atoms with van der Waals surface area (Å²) in [7, 11) is 3.14. The number of nitrogens with zero attached hydrogens (tertiary/aromatic N) is 1. The van der Waals surface area contributed by atoms with E-state index in [9.17, 15) is 9.59 Å². The lowest BCUT2D eigenvalue weighted by atomic mass is 10.1. The number of benzene rings is 1. The van der Waals surface area contributed by atoms with Crippen molar-refractivity contribution >= 4 is 11.8 Å².